The van der Waals surface area contributed by atoms with Crippen molar-refractivity contribution in [3.8, 4) is 6.07 Å². The zero-order chi connectivity index (χ0) is 16.2. The van der Waals surface area contributed by atoms with E-state index in [2.05, 4.69) is 10.3 Å². The van der Waals surface area contributed by atoms with Crippen molar-refractivity contribution in [2.75, 3.05) is 11.9 Å². The van der Waals surface area contributed by atoms with E-state index in [9.17, 15) is 4.79 Å². The van der Waals surface area contributed by atoms with E-state index in [1.807, 2.05) is 6.07 Å². The summed E-state index contributed by atoms with van der Waals surface area (Å²) < 4.78 is 5.32. The minimum atomic E-state index is -0.700. The molecule has 122 valence electrons. The molecule has 0 spiro atoms. The average Bonchev–Trinajstić information content (AvgIpc) is 2.84. The van der Waals surface area contributed by atoms with Gasteiger partial charge in [0, 0.05) is 19.9 Å². The second-order valence-electron chi connectivity index (χ2n) is 5.42. The maximum absolute atomic E-state index is 10.3. The van der Waals surface area contributed by atoms with Crippen molar-refractivity contribution in [2.24, 2.45) is 0 Å². The smallest absolute Gasteiger partial charge is 0.303 e. The topological polar surface area (TPSA) is 99.2 Å². The Morgan fingerprint density at radius 1 is 1.18 bits per heavy atom. The van der Waals surface area contributed by atoms with Gasteiger partial charge in [-0.2, -0.15) is 5.26 Å². The van der Waals surface area contributed by atoms with Crippen molar-refractivity contribution in [3.05, 3.63) is 11.6 Å². The molecule has 6 heteroatoms. The molecule has 0 aliphatic rings. The molecule has 2 N–H and O–H groups in total. The van der Waals surface area contributed by atoms with Crippen molar-refractivity contribution < 1.29 is 14.3 Å². The van der Waals surface area contributed by atoms with E-state index in [4.69, 9.17) is 14.8 Å². The molecule has 0 fully saturated rings. The molecule has 0 saturated heterocycles. The van der Waals surface area contributed by atoms with Crippen molar-refractivity contribution in [1.82, 2.24) is 4.98 Å². The number of nitriles is 1. The number of aliphatic carboxylic acids is 1. The van der Waals surface area contributed by atoms with Gasteiger partial charge in [0.15, 0.2) is 5.89 Å². The van der Waals surface area contributed by atoms with Gasteiger partial charge in [-0.3, -0.25) is 4.79 Å². The van der Waals surface area contributed by atoms with Crippen molar-refractivity contribution >= 4 is 11.9 Å². The minimum Gasteiger partial charge on any atom is -0.481 e. The molecular weight excluding hydrogens is 282 g/mol. The second-order valence-corrected chi connectivity index (χ2v) is 5.42. The number of carbonyl (C=O) groups is 1. The summed E-state index contributed by atoms with van der Waals surface area (Å²) in [5.74, 6) is 0.273. The lowest BCUT2D eigenvalue weighted by Gasteiger charge is -2.03. The number of aromatic nitrogens is 1. The first kappa shape index (κ1) is 18.0. The van der Waals surface area contributed by atoms with Gasteiger partial charge in [-0.05, 0) is 12.8 Å². The molecule has 0 bridgehead atoms. The lowest BCUT2D eigenvalue weighted by molar-refractivity contribution is -0.137. The first-order chi connectivity index (χ1) is 10.6. The highest BCUT2D eigenvalue weighted by Crippen LogP contribution is 2.16. The van der Waals surface area contributed by atoms with Crippen LogP contribution in [0.25, 0.3) is 0 Å². The number of anilines is 1. The second kappa shape index (κ2) is 10.7. The highest BCUT2D eigenvalue weighted by Gasteiger charge is 2.08. The molecule has 1 heterocycles. The van der Waals surface area contributed by atoms with Gasteiger partial charge in [0.2, 0.25) is 11.6 Å². The average molecular weight is 307 g/mol. The molecule has 0 unspecified atom stereocenters. The maximum atomic E-state index is 10.3. The molecule has 0 aliphatic heterocycles. The third kappa shape index (κ3) is 7.67. The summed E-state index contributed by atoms with van der Waals surface area (Å²) in [6.45, 7) is 2.50. The summed E-state index contributed by atoms with van der Waals surface area (Å²) in [5, 5.41) is 20.5. The van der Waals surface area contributed by atoms with Gasteiger partial charge in [0.05, 0.1) is 0 Å². The Balaban J connectivity index is 1.94. The predicted molar refractivity (Wildman–Crippen MR) is 83.6 cm³/mol. The fourth-order valence-corrected chi connectivity index (χ4v) is 2.29. The number of aryl methyl sites for hydroxylation is 1. The molecule has 6 nitrogen and oxygen atoms in total. The Labute approximate surface area is 131 Å². The monoisotopic (exact) mass is 307 g/mol. The first-order valence-corrected chi connectivity index (χ1v) is 7.96. The van der Waals surface area contributed by atoms with E-state index < -0.39 is 5.97 Å². The number of carboxylic acids is 1. The summed E-state index contributed by atoms with van der Waals surface area (Å²) in [6, 6.07) is 2.00. The van der Waals surface area contributed by atoms with E-state index in [0.717, 1.165) is 38.6 Å². The standard InChI is InChI=1S/C16H25N3O3/c1-13-19-14(12-17)16(22-13)18-11-9-7-5-3-2-4-6-8-10-15(20)21/h18H,2-11H2,1H3,(H,20,21). The zero-order valence-corrected chi connectivity index (χ0v) is 13.2. The molecule has 0 aliphatic carbocycles. The third-order valence-corrected chi connectivity index (χ3v) is 3.44. The highest BCUT2D eigenvalue weighted by atomic mass is 16.4. The van der Waals surface area contributed by atoms with Crippen LogP contribution in [0.15, 0.2) is 4.42 Å². The van der Waals surface area contributed by atoms with Crippen molar-refractivity contribution in [2.45, 2.75) is 64.7 Å². The lowest BCUT2D eigenvalue weighted by atomic mass is 10.1. The van der Waals surface area contributed by atoms with Crippen LogP contribution in [0.5, 0.6) is 0 Å². The van der Waals surface area contributed by atoms with Gasteiger partial charge in [-0.15, -0.1) is 0 Å². The molecule has 1 rings (SSSR count). The summed E-state index contributed by atoms with van der Waals surface area (Å²) in [4.78, 5) is 14.3. The van der Waals surface area contributed by atoms with E-state index in [1.165, 1.54) is 19.3 Å². The van der Waals surface area contributed by atoms with Gasteiger partial charge in [-0.1, -0.05) is 38.5 Å². The number of nitrogens with one attached hydrogen (secondary N) is 1. The number of unbranched alkanes of at least 4 members (excludes halogenated alkanes) is 7. The molecule has 22 heavy (non-hydrogen) atoms. The SMILES string of the molecule is Cc1nc(C#N)c(NCCCCCCCCCCC(=O)O)o1. The Kier molecular flexibility index (Phi) is 8.73. The normalized spacial score (nSPS) is 10.4. The minimum absolute atomic E-state index is 0.289. The molecule has 1 aromatic rings. The Hall–Kier alpha value is -2.03. The number of hydrogen-bond donors (Lipinski definition) is 2. The van der Waals surface area contributed by atoms with E-state index in [0.29, 0.717) is 17.5 Å². The number of rotatable bonds is 12. The first-order valence-electron chi connectivity index (χ1n) is 7.96. The van der Waals surface area contributed by atoms with Crippen LogP contribution in [0.1, 0.15) is 69.4 Å². The Morgan fingerprint density at radius 3 is 2.36 bits per heavy atom. The van der Waals surface area contributed by atoms with Gasteiger partial charge >= 0.3 is 5.97 Å². The van der Waals surface area contributed by atoms with Crippen LogP contribution >= 0.6 is 0 Å². The maximum Gasteiger partial charge on any atom is 0.303 e. The third-order valence-electron chi connectivity index (χ3n) is 3.44. The van der Waals surface area contributed by atoms with E-state index in [-0.39, 0.29) is 6.42 Å². The quantitative estimate of drug-likeness (QED) is 0.569. The number of oxazole rings is 1. The summed E-state index contributed by atoms with van der Waals surface area (Å²) >= 11 is 0. The van der Waals surface area contributed by atoms with Gasteiger partial charge in [0.25, 0.3) is 0 Å². The van der Waals surface area contributed by atoms with E-state index in [1.54, 1.807) is 6.92 Å². The summed E-state index contributed by atoms with van der Waals surface area (Å²) in [6.07, 6.45) is 8.92. The number of hydrogen-bond acceptors (Lipinski definition) is 5. The fourth-order valence-electron chi connectivity index (χ4n) is 2.29. The zero-order valence-electron chi connectivity index (χ0n) is 13.2. The van der Waals surface area contributed by atoms with E-state index >= 15 is 0 Å². The number of nitrogens with zero attached hydrogens (tertiary/aromatic N) is 2. The van der Waals surface area contributed by atoms with Gasteiger partial charge in [-0.25, -0.2) is 4.98 Å². The Morgan fingerprint density at radius 2 is 1.77 bits per heavy atom. The predicted octanol–water partition coefficient (Wildman–Crippen LogP) is 3.86. The van der Waals surface area contributed by atoms with Crippen LogP contribution in [0, 0.1) is 18.3 Å². The summed E-state index contributed by atoms with van der Waals surface area (Å²) in [5.41, 5.74) is 0.318. The fraction of sp³-hybridized carbons (Fsp3) is 0.688. The lowest BCUT2D eigenvalue weighted by Crippen LogP contribution is -2.01. The van der Waals surface area contributed by atoms with Gasteiger partial charge in [0.1, 0.15) is 6.07 Å². The van der Waals surface area contributed by atoms with Crippen LogP contribution < -0.4 is 5.32 Å². The Bertz CT molecular complexity index is 491. The molecule has 1 aromatic heterocycles. The molecule has 0 aromatic carbocycles. The van der Waals surface area contributed by atoms with Crippen molar-refractivity contribution in [3.63, 3.8) is 0 Å². The van der Waals surface area contributed by atoms with Crippen LogP contribution in [0.3, 0.4) is 0 Å². The van der Waals surface area contributed by atoms with Crippen LogP contribution in [0.2, 0.25) is 0 Å². The van der Waals surface area contributed by atoms with Crippen LogP contribution in [0.4, 0.5) is 5.88 Å². The molecule has 0 radical (unpaired) electrons. The molecule has 0 atom stereocenters. The summed E-state index contributed by atoms with van der Waals surface area (Å²) in [7, 11) is 0. The van der Waals surface area contributed by atoms with Gasteiger partial charge < -0.3 is 14.8 Å². The largest absolute Gasteiger partial charge is 0.481 e. The van der Waals surface area contributed by atoms with Crippen LogP contribution in [-0.4, -0.2) is 22.6 Å². The molecular formula is C16H25N3O3. The molecule has 0 amide bonds. The van der Waals surface area contributed by atoms with Crippen LogP contribution in [-0.2, 0) is 4.79 Å². The number of carboxylic acid groups (broad SMARTS) is 1. The van der Waals surface area contributed by atoms with Crippen molar-refractivity contribution in [1.29, 1.82) is 5.26 Å². The molecule has 0 saturated carbocycles. The highest BCUT2D eigenvalue weighted by molar-refractivity contribution is 5.66.